The normalized spacial score (nSPS) is 31.1. The lowest BCUT2D eigenvalue weighted by Crippen LogP contribution is -2.54. The standard InChI is InChI=1S/C15H17N3O2S/c1-2-6-20-10-5-3-4-9(7-10)11-8-12(19)17-14-13(11)21-15(16)18-14/h1,3-5,7,11,13-15,18H,6,8,16H2,(H,17,19). The number of fused-ring (bicyclic) bond motifs is 1. The Morgan fingerprint density at radius 2 is 2.38 bits per heavy atom. The number of hydrogen-bond acceptors (Lipinski definition) is 5. The third kappa shape index (κ3) is 3.00. The summed E-state index contributed by atoms with van der Waals surface area (Å²) >= 11 is 1.66. The van der Waals surface area contributed by atoms with E-state index >= 15 is 0 Å². The van der Waals surface area contributed by atoms with Crippen LogP contribution in [-0.2, 0) is 4.79 Å². The molecule has 0 spiro atoms. The molecule has 5 nitrogen and oxygen atoms in total. The molecular formula is C15H17N3O2S. The van der Waals surface area contributed by atoms with Crippen molar-refractivity contribution < 1.29 is 9.53 Å². The number of terminal acetylenes is 1. The molecular weight excluding hydrogens is 286 g/mol. The fourth-order valence-corrected chi connectivity index (χ4v) is 4.14. The van der Waals surface area contributed by atoms with Crippen molar-refractivity contribution in [2.24, 2.45) is 5.73 Å². The van der Waals surface area contributed by atoms with Gasteiger partial charge in [-0.05, 0) is 17.7 Å². The number of piperidine rings is 1. The zero-order valence-electron chi connectivity index (χ0n) is 11.4. The second kappa shape index (κ2) is 5.98. The highest BCUT2D eigenvalue weighted by atomic mass is 32.2. The quantitative estimate of drug-likeness (QED) is 0.712. The molecule has 110 valence electrons. The lowest BCUT2D eigenvalue weighted by Gasteiger charge is -2.33. The number of carbonyl (C=O) groups excluding carboxylic acids is 1. The van der Waals surface area contributed by atoms with E-state index in [0.29, 0.717) is 6.42 Å². The zero-order valence-corrected chi connectivity index (χ0v) is 12.2. The third-order valence-corrected chi connectivity index (χ3v) is 5.05. The molecule has 2 aliphatic heterocycles. The molecule has 2 saturated heterocycles. The number of carbonyl (C=O) groups is 1. The Morgan fingerprint density at radius 1 is 1.52 bits per heavy atom. The van der Waals surface area contributed by atoms with Gasteiger partial charge in [0, 0.05) is 17.6 Å². The molecule has 0 saturated carbocycles. The highest BCUT2D eigenvalue weighted by Crippen LogP contribution is 2.40. The van der Waals surface area contributed by atoms with Crippen molar-refractivity contribution in [2.75, 3.05) is 6.61 Å². The smallest absolute Gasteiger partial charge is 0.221 e. The Morgan fingerprint density at radius 3 is 3.19 bits per heavy atom. The van der Waals surface area contributed by atoms with Crippen molar-refractivity contribution in [3.05, 3.63) is 29.8 Å². The highest BCUT2D eigenvalue weighted by Gasteiger charge is 2.43. The summed E-state index contributed by atoms with van der Waals surface area (Å²) in [4.78, 5) is 11.9. The van der Waals surface area contributed by atoms with E-state index in [4.69, 9.17) is 16.9 Å². The summed E-state index contributed by atoms with van der Waals surface area (Å²) in [7, 11) is 0. The first-order valence-electron chi connectivity index (χ1n) is 6.80. The number of nitrogens with two attached hydrogens (primary N) is 1. The van der Waals surface area contributed by atoms with Gasteiger partial charge in [0.2, 0.25) is 5.91 Å². The average molecular weight is 303 g/mol. The fourth-order valence-electron chi connectivity index (χ4n) is 2.83. The minimum Gasteiger partial charge on any atom is -0.481 e. The van der Waals surface area contributed by atoms with Crippen LogP contribution in [0.2, 0.25) is 0 Å². The second-order valence-electron chi connectivity index (χ2n) is 5.11. The van der Waals surface area contributed by atoms with E-state index in [-0.39, 0.29) is 35.3 Å². The van der Waals surface area contributed by atoms with Crippen LogP contribution in [0.15, 0.2) is 24.3 Å². The first-order chi connectivity index (χ1) is 10.2. The van der Waals surface area contributed by atoms with Crippen LogP contribution < -0.4 is 21.1 Å². The van der Waals surface area contributed by atoms with Gasteiger partial charge in [-0.2, -0.15) is 0 Å². The predicted octanol–water partition coefficient (Wildman–Crippen LogP) is 0.576. The van der Waals surface area contributed by atoms with Gasteiger partial charge in [0.1, 0.15) is 17.9 Å². The SMILES string of the molecule is C#CCOc1cccc(C2CC(=O)NC3NC(N)SC32)c1. The molecule has 4 N–H and O–H groups in total. The maximum Gasteiger partial charge on any atom is 0.221 e. The highest BCUT2D eigenvalue weighted by molar-refractivity contribution is 8.00. The van der Waals surface area contributed by atoms with E-state index in [2.05, 4.69) is 16.6 Å². The van der Waals surface area contributed by atoms with E-state index in [1.54, 1.807) is 11.8 Å². The maximum atomic E-state index is 11.9. The molecule has 0 aromatic heterocycles. The summed E-state index contributed by atoms with van der Waals surface area (Å²) in [5, 5.41) is 6.36. The Labute approximate surface area is 128 Å². The number of thioether (sulfide) groups is 1. The number of nitrogens with one attached hydrogen (secondary N) is 2. The fraction of sp³-hybridized carbons (Fsp3) is 0.400. The molecule has 3 rings (SSSR count). The summed E-state index contributed by atoms with van der Waals surface area (Å²) in [6.45, 7) is 0.238. The van der Waals surface area contributed by atoms with Gasteiger partial charge in [0.25, 0.3) is 0 Å². The van der Waals surface area contributed by atoms with Crippen LogP contribution in [0.25, 0.3) is 0 Å². The number of hydrogen-bond donors (Lipinski definition) is 3. The average Bonchev–Trinajstić information content (AvgIpc) is 2.84. The molecule has 21 heavy (non-hydrogen) atoms. The van der Waals surface area contributed by atoms with Crippen molar-refractivity contribution in [1.29, 1.82) is 0 Å². The first kappa shape index (κ1) is 14.3. The molecule has 0 bridgehead atoms. The van der Waals surface area contributed by atoms with E-state index in [1.165, 1.54) is 0 Å². The zero-order chi connectivity index (χ0) is 14.8. The molecule has 1 aromatic rings. The summed E-state index contributed by atoms with van der Waals surface area (Å²) in [6.07, 6.45) is 5.59. The van der Waals surface area contributed by atoms with Crippen LogP contribution in [-0.4, -0.2) is 29.4 Å². The van der Waals surface area contributed by atoms with E-state index < -0.39 is 0 Å². The second-order valence-corrected chi connectivity index (χ2v) is 6.43. The monoisotopic (exact) mass is 303 g/mol. The van der Waals surface area contributed by atoms with Gasteiger partial charge in [-0.1, -0.05) is 18.1 Å². The Balaban J connectivity index is 1.84. The molecule has 0 radical (unpaired) electrons. The van der Waals surface area contributed by atoms with Gasteiger partial charge in [-0.3, -0.25) is 10.1 Å². The van der Waals surface area contributed by atoms with Crippen molar-refractivity contribution >= 4 is 17.7 Å². The molecule has 6 heteroatoms. The van der Waals surface area contributed by atoms with Crippen LogP contribution in [0.1, 0.15) is 17.9 Å². The van der Waals surface area contributed by atoms with Crippen LogP contribution in [0.3, 0.4) is 0 Å². The largest absolute Gasteiger partial charge is 0.481 e. The van der Waals surface area contributed by atoms with E-state index in [0.717, 1.165) is 11.3 Å². The van der Waals surface area contributed by atoms with E-state index in [1.807, 2.05) is 24.3 Å². The number of benzene rings is 1. The summed E-state index contributed by atoms with van der Waals surface area (Å²) in [5.74, 6) is 3.33. The lowest BCUT2D eigenvalue weighted by molar-refractivity contribution is -0.123. The van der Waals surface area contributed by atoms with Gasteiger partial charge in [-0.25, -0.2) is 0 Å². The van der Waals surface area contributed by atoms with Gasteiger partial charge >= 0.3 is 0 Å². The van der Waals surface area contributed by atoms with Gasteiger partial charge in [-0.15, -0.1) is 18.2 Å². The molecule has 4 atom stereocenters. The van der Waals surface area contributed by atoms with Crippen LogP contribution in [0.4, 0.5) is 0 Å². The summed E-state index contributed by atoms with van der Waals surface area (Å²) < 4.78 is 5.46. The van der Waals surface area contributed by atoms with Crippen LogP contribution >= 0.6 is 11.8 Å². The minimum absolute atomic E-state index is 0.0402. The molecule has 2 fully saturated rings. The molecule has 1 aromatic carbocycles. The van der Waals surface area contributed by atoms with Crippen LogP contribution in [0, 0.1) is 12.3 Å². The van der Waals surface area contributed by atoms with Gasteiger partial charge in [0.15, 0.2) is 0 Å². The molecule has 1 amide bonds. The predicted molar refractivity (Wildman–Crippen MR) is 82.5 cm³/mol. The molecule has 2 heterocycles. The van der Waals surface area contributed by atoms with E-state index in [9.17, 15) is 4.79 Å². The molecule has 0 aliphatic carbocycles. The Kier molecular flexibility index (Phi) is 4.06. The molecule has 2 aliphatic rings. The minimum atomic E-state index is -0.151. The van der Waals surface area contributed by atoms with Crippen molar-refractivity contribution in [3.8, 4) is 18.1 Å². The van der Waals surface area contributed by atoms with Gasteiger partial charge in [0.05, 0.1) is 6.17 Å². The van der Waals surface area contributed by atoms with Crippen molar-refractivity contribution in [2.45, 2.75) is 29.3 Å². The topological polar surface area (TPSA) is 76.4 Å². The van der Waals surface area contributed by atoms with Crippen LogP contribution in [0.5, 0.6) is 5.75 Å². The lowest BCUT2D eigenvalue weighted by atomic mass is 9.87. The molecule has 4 unspecified atom stereocenters. The maximum absolute atomic E-state index is 11.9. The first-order valence-corrected chi connectivity index (χ1v) is 7.74. The van der Waals surface area contributed by atoms with Gasteiger partial charge < -0.3 is 15.8 Å². The van der Waals surface area contributed by atoms with Crippen molar-refractivity contribution in [1.82, 2.24) is 10.6 Å². The number of ether oxygens (including phenoxy) is 1. The summed E-state index contributed by atoms with van der Waals surface area (Å²) in [6, 6.07) is 7.78. The van der Waals surface area contributed by atoms with Crippen molar-refractivity contribution in [3.63, 3.8) is 0 Å². The third-order valence-electron chi connectivity index (χ3n) is 3.70. The number of amides is 1. The summed E-state index contributed by atoms with van der Waals surface area (Å²) in [5.41, 5.74) is 6.86. The Bertz CT molecular complexity index is 587. The Hall–Kier alpha value is -1.68. The number of rotatable bonds is 3.